The number of hydrogen-bond donors (Lipinski definition) is 1. The summed E-state index contributed by atoms with van der Waals surface area (Å²) < 4.78 is 6.37. The normalized spacial score (nSPS) is 15.7. The van der Waals surface area contributed by atoms with Gasteiger partial charge in [0.1, 0.15) is 16.7 Å². The highest BCUT2D eigenvalue weighted by molar-refractivity contribution is 8.26. The molecule has 3 rings (SSSR count). The molecule has 1 fully saturated rings. The maximum atomic E-state index is 11.8. The van der Waals surface area contributed by atoms with Crippen molar-refractivity contribution in [3.05, 3.63) is 69.1 Å². The SMILES string of the molecule is Cc1ccc(COc2ccc(Cl)cc2/C=C2/SC(=S)NC2=O)cc1. The Balaban J connectivity index is 1.83. The highest BCUT2D eigenvalue weighted by atomic mass is 35.5. The van der Waals surface area contributed by atoms with Gasteiger partial charge in [0.05, 0.1) is 4.91 Å². The Hall–Kier alpha value is -1.82. The highest BCUT2D eigenvalue weighted by Gasteiger charge is 2.22. The van der Waals surface area contributed by atoms with E-state index in [1.165, 1.54) is 17.3 Å². The van der Waals surface area contributed by atoms with E-state index in [0.717, 1.165) is 11.1 Å². The van der Waals surface area contributed by atoms with Crippen LogP contribution in [-0.2, 0) is 11.4 Å². The van der Waals surface area contributed by atoms with Crippen molar-refractivity contribution in [3.8, 4) is 5.75 Å². The Bertz CT molecular complexity index is 831. The molecule has 24 heavy (non-hydrogen) atoms. The van der Waals surface area contributed by atoms with E-state index in [1.54, 1.807) is 24.3 Å². The van der Waals surface area contributed by atoms with Gasteiger partial charge in [0.25, 0.3) is 5.91 Å². The second-order valence-electron chi connectivity index (χ2n) is 5.31. The van der Waals surface area contributed by atoms with Gasteiger partial charge in [-0.25, -0.2) is 0 Å². The molecule has 2 aromatic rings. The summed E-state index contributed by atoms with van der Waals surface area (Å²) in [4.78, 5) is 12.4. The van der Waals surface area contributed by atoms with Crippen LogP contribution in [0.3, 0.4) is 0 Å². The minimum atomic E-state index is -0.200. The van der Waals surface area contributed by atoms with E-state index in [-0.39, 0.29) is 5.91 Å². The summed E-state index contributed by atoms with van der Waals surface area (Å²) in [7, 11) is 0. The van der Waals surface area contributed by atoms with Crippen molar-refractivity contribution in [2.75, 3.05) is 0 Å². The molecule has 1 aliphatic rings. The number of rotatable bonds is 4. The van der Waals surface area contributed by atoms with Gasteiger partial charge in [-0.05, 0) is 36.8 Å². The first-order valence-electron chi connectivity index (χ1n) is 7.24. The molecular weight excluding hydrogens is 362 g/mol. The summed E-state index contributed by atoms with van der Waals surface area (Å²) in [6, 6.07) is 13.5. The molecule has 0 spiro atoms. The van der Waals surface area contributed by atoms with Crippen molar-refractivity contribution in [2.45, 2.75) is 13.5 Å². The zero-order valence-electron chi connectivity index (χ0n) is 12.8. The van der Waals surface area contributed by atoms with Crippen molar-refractivity contribution in [1.29, 1.82) is 0 Å². The Morgan fingerprint density at radius 3 is 2.67 bits per heavy atom. The van der Waals surface area contributed by atoms with Crippen molar-refractivity contribution >= 4 is 51.9 Å². The molecule has 1 heterocycles. The molecule has 1 aliphatic heterocycles. The summed E-state index contributed by atoms with van der Waals surface area (Å²) in [6.45, 7) is 2.48. The van der Waals surface area contributed by atoms with Gasteiger partial charge >= 0.3 is 0 Å². The Labute approximate surface area is 155 Å². The number of aryl methyl sites for hydroxylation is 1. The van der Waals surface area contributed by atoms with Crippen LogP contribution in [0.2, 0.25) is 5.02 Å². The van der Waals surface area contributed by atoms with Gasteiger partial charge in [0, 0.05) is 10.6 Å². The fourth-order valence-corrected chi connectivity index (χ4v) is 3.39. The van der Waals surface area contributed by atoms with Crippen LogP contribution in [-0.4, -0.2) is 10.2 Å². The molecule has 0 saturated carbocycles. The first-order valence-corrected chi connectivity index (χ1v) is 8.84. The van der Waals surface area contributed by atoms with Gasteiger partial charge in [-0.15, -0.1) is 0 Å². The van der Waals surface area contributed by atoms with Gasteiger partial charge < -0.3 is 10.1 Å². The van der Waals surface area contributed by atoms with Crippen LogP contribution in [0.4, 0.5) is 0 Å². The molecule has 0 unspecified atom stereocenters. The lowest BCUT2D eigenvalue weighted by atomic mass is 10.1. The molecular formula is C18H14ClNO2S2. The monoisotopic (exact) mass is 375 g/mol. The standard InChI is InChI=1S/C18H14ClNO2S2/c1-11-2-4-12(5-3-11)10-22-15-7-6-14(19)8-13(15)9-16-17(21)20-18(23)24-16/h2-9H,10H2,1H3,(H,20,21,23)/b16-9+. The number of amides is 1. The number of ether oxygens (including phenoxy) is 1. The van der Waals surface area contributed by atoms with Crippen LogP contribution in [0, 0.1) is 6.92 Å². The van der Waals surface area contributed by atoms with E-state index in [9.17, 15) is 4.79 Å². The number of thiocarbonyl (C=S) groups is 1. The fraction of sp³-hybridized carbons (Fsp3) is 0.111. The number of thioether (sulfide) groups is 1. The number of benzene rings is 2. The van der Waals surface area contributed by atoms with E-state index >= 15 is 0 Å². The molecule has 3 nitrogen and oxygen atoms in total. The van der Waals surface area contributed by atoms with E-state index in [4.69, 9.17) is 28.6 Å². The van der Waals surface area contributed by atoms with Crippen molar-refractivity contribution in [1.82, 2.24) is 5.32 Å². The van der Waals surface area contributed by atoms with Crippen LogP contribution in [0.5, 0.6) is 5.75 Å². The second kappa shape index (κ2) is 7.38. The van der Waals surface area contributed by atoms with E-state index in [2.05, 4.69) is 5.32 Å². The van der Waals surface area contributed by atoms with E-state index in [0.29, 0.717) is 26.6 Å². The molecule has 0 aromatic heterocycles. The van der Waals surface area contributed by atoms with E-state index in [1.807, 2.05) is 31.2 Å². The first-order chi connectivity index (χ1) is 11.5. The third-order valence-electron chi connectivity index (χ3n) is 3.42. The smallest absolute Gasteiger partial charge is 0.263 e. The van der Waals surface area contributed by atoms with Crippen molar-refractivity contribution in [2.24, 2.45) is 0 Å². The Kier molecular flexibility index (Phi) is 5.23. The average molecular weight is 376 g/mol. The van der Waals surface area contributed by atoms with Crippen LogP contribution < -0.4 is 10.1 Å². The molecule has 1 saturated heterocycles. The maximum absolute atomic E-state index is 11.8. The minimum absolute atomic E-state index is 0.200. The van der Waals surface area contributed by atoms with Crippen molar-refractivity contribution in [3.63, 3.8) is 0 Å². The molecule has 122 valence electrons. The average Bonchev–Trinajstić information content (AvgIpc) is 2.86. The third kappa shape index (κ3) is 4.17. The highest BCUT2D eigenvalue weighted by Crippen LogP contribution is 2.31. The number of hydrogen-bond acceptors (Lipinski definition) is 4. The maximum Gasteiger partial charge on any atom is 0.263 e. The molecule has 1 N–H and O–H groups in total. The second-order valence-corrected chi connectivity index (χ2v) is 7.46. The predicted molar refractivity (Wildman–Crippen MR) is 103 cm³/mol. The zero-order valence-corrected chi connectivity index (χ0v) is 15.2. The van der Waals surface area contributed by atoms with Crippen molar-refractivity contribution < 1.29 is 9.53 Å². The topological polar surface area (TPSA) is 38.3 Å². The minimum Gasteiger partial charge on any atom is -0.488 e. The number of halogens is 1. The van der Waals surface area contributed by atoms with Crippen LogP contribution in [0.15, 0.2) is 47.4 Å². The van der Waals surface area contributed by atoms with Crippen LogP contribution >= 0.6 is 35.6 Å². The molecule has 1 amide bonds. The summed E-state index contributed by atoms with van der Waals surface area (Å²) in [5, 5.41) is 3.18. The molecule has 0 atom stereocenters. The van der Waals surface area contributed by atoms with Gasteiger partial charge in [0.2, 0.25) is 0 Å². The lowest BCUT2D eigenvalue weighted by molar-refractivity contribution is -0.115. The third-order valence-corrected chi connectivity index (χ3v) is 4.81. The van der Waals surface area contributed by atoms with Gasteiger partial charge in [-0.2, -0.15) is 0 Å². The number of carbonyl (C=O) groups is 1. The lowest BCUT2D eigenvalue weighted by Crippen LogP contribution is -2.17. The van der Waals surface area contributed by atoms with Gasteiger partial charge in [-0.3, -0.25) is 4.79 Å². The largest absolute Gasteiger partial charge is 0.488 e. The Morgan fingerprint density at radius 2 is 2.00 bits per heavy atom. The molecule has 0 aliphatic carbocycles. The summed E-state index contributed by atoms with van der Waals surface area (Å²) >= 11 is 12.3. The van der Waals surface area contributed by atoms with Crippen LogP contribution in [0.1, 0.15) is 16.7 Å². The quantitative estimate of drug-likeness (QED) is 0.620. The summed E-state index contributed by atoms with van der Waals surface area (Å²) in [5.41, 5.74) is 3.02. The first kappa shape index (κ1) is 17.0. The molecule has 2 aromatic carbocycles. The predicted octanol–water partition coefficient (Wildman–Crippen LogP) is 4.72. The van der Waals surface area contributed by atoms with E-state index < -0.39 is 0 Å². The summed E-state index contributed by atoms with van der Waals surface area (Å²) in [6.07, 6.45) is 1.75. The molecule has 0 bridgehead atoms. The van der Waals surface area contributed by atoms with Gasteiger partial charge in [0.15, 0.2) is 0 Å². The fourth-order valence-electron chi connectivity index (χ4n) is 2.17. The number of carbonyl (C=O) groups excluding carboxylic acids is 1. The summed E-state index contributed by atoms with van der Waals surface area (Å²) in [5.74, 6) is 0.466. The van der Waals surface area contributed by atoms with Crippen LogP contribution in [0.25, 0.3) is 6.08 Å². The van der Waals surface area contributed by atoms with Gasteiger partial charge in [-0.1, -0.05) is 65.4 Å². The zero-order chi connectivity index (χ0) is 17.1. The molecule has 0 radical (unpaired) electrons. The number of nitrogens with one attached hydrogen (secondary N) is 1. The molecule has 6 heteroatoms. The lowest BCUT2D eigenvalue weighted by Gasteiger charge is -2.10. The Morgan fingerprint density at radius 1 is 1.25 bits per heavy atom.